The van der Waals surface area contributed by atoms with Crippen LogP contribution >= 0.6 is 0 Å². The topological polar surface area (TPSA) is 15.3 Å². The largest absolute Gasteiger partial charge is 0.314 e. The van der Waals surface area contributed by atoms with E-state index in [-0.39, 0.29) is 0 Å². The van der Waals surface area contributed by atoms with Gasteiger partial charge in [-0.3, -0.25) is 4.90 Å². The summed E-state index contributed by atoms with van der Waals surface area (Å²) in [5, 5.41) is 3.43. The molecule has 1 heterocycles. The minimum absolute atomic E-state index is 0.547. The van der Waals surface area contributed by atoms with E-state index in [1.54, 1.807) is 0 Å². The summed E-state index contributed by atoms with van der Waals surface area (Å²) in [6.45, 7) is 10.6. The molecule has 0 bridgehead atoms. The Bertz CT molecular complexity index is 377. The molecule has 1 N–H and O–H groups in total. The van der Waals surface area contributed by atoms with Crippen LogP contribution in [-0.2, 0) is 6.42 Å². The molecule has 2 heteroatoms. The van der Waals surface area contributed by atoms with Crippen LogP contribution in [0.1, 0.15) is 36.9 Å². The molecule has 1 saturated heterocycles. The number of rotatable bonds is 6. The van der Waals surface area contributed by atoms with Crippen molar-refractivity contribution in [1.82, 2.24) is 10.2 Å². The van der Waals surface area contributed by atoms with Crippen LogP contribution in [-0.4, -0.2) is 31.1 Å². The molecule has 2 rings (SSSR count). The molecular formula is C17H26N2. The lowest BCUT2D eigenvalue weighted by molar-refractivity contribution is 0.166. The highest BCUT2D eigenvalue weighted by atomic mass is 15.2. The van der Waals surface area contributed by atoms with Crippen LogP contribution < -0.4 is 5.32 Å². The van der Waals surface area contributed by atoms with Crippen molar-refractivity contribution >= 4 is 0 Å². The first-order valence-electron chi connectivity index (χ1n) is 7.49. The molecule has 0 spiro atoms. The molecular weight excluding hydrogens is 232 g/mol. The summed E-state index contributed by atoms with van der Waals surface area (Å²) in [4.78, 5) is 2.61. The van der Waals surface area contributed by atoms with Crippen molar-refractivity contribution in [2.45, 2.75) is 32.2 Å². The van der Waals surface area contributed by atoms with Crippen molar-refractivity contribution < 1.29 is 0 Å². The lowest BCUT2D eigenvalue weighted by Gasteiger charge is -2.35. The predicted molar refractivity (Wildman–Crippen MR) is 82.4 cm³/mol. The van der Waals surface area contributed by atoms with Gasteiger partial charge in [-0.05, 0) is 30.4 Å². The molecule has 1 aliphatic rings. The third-order valence-corrected chi connectivity index (χ3v) is 4.01. The fraction of sp³-hybridized carbons (Fsp3) is 0.529. The van der Waals surface area contributed by atoms with Gasteiger partial charge in [-0.25, -0.2) is 0 Å². The third-order valence-electron chi connectivity index (χ3n) is 4.01. The Kier molecular flexibility index (Phi) is 5.62. The first-order chi connectivity index (χ1) is 9.35. The molecule has 1 aromatic rings. The maximum atomic E-state index is 3.87. The van der Waals surface area contributed by atoms with E-state index >= 15 is 0 Å². The van der Waals surface area contributed by atoms with E-state index in [1.807, 2.05) is 6.08 Å². The highest BCUT2D eigenvalue weighted by molar-refractivity contribution is 5.25. The number of piperazine rings is 1. The van der Waals surface area contributed by atoms with Gasteiger partial charge >= 0.3 is 0 Å². The molecule has 1 aromatic carbocycles. The Balaban J connectivity index is 2.12. The SMILES string of the molecule is C=CCC[C@@H](c1ccc(CC)cc1)N1CCNCC1. The van der Waals surface area contributed by atoms with Crippen LogP contribution in [0, 0.1) is 0 Å². The number of nitrogens with zero attached hydrogens (tertiary/aromatic N) is 1. The van der Waals surface area contributed by atoms with Crippen LogP contribution in [0.25, 0.3) is 0 Å². The van der Waals surface area contributed by atoms with Crippen molar-refractivity contribution in [3.8, 4) is 0 Å². The lowest BCUT2D eigenvalue weighted by Crippen LogP contribution is -2.45. The Morgan fingerprint density at radius 1 is 1.26 bits per heavy atom. The quantitative estimate of drug-likeness (QED) is 0.789. The second-order valence-electron chi connectivity index (χ2n) is 5.26. The second-order valence-corrected chi connectivity index (χ2v) is 5.26. The maximum absolute atomic E-state index is 3.87. The summed E-state index contributed by atoms with van der Waals surface area (Å²) in [6.07, 6.45) is 5.42. The number of hydrogen-bond acceptors (Lipinski definition) is 2. The number of benzene rings is 1. The minimum Gasteiger partial charge on any atom is -0.314 e. The van der Waals surface area contributed by atoms with E-state index in [2.05, 4.69) is 48.0 Å². The van der Waals surface area contributed by atoms with Gasteiger partial charge in [0.2, 0.25) is 0 Å². The molecule has 1 atom stereocenters. The zero-order valence-electron chi connectivity index (χ0n) is 12.1. The molecule has 1 aliphatic heterocycles. The highest BCUT2D eigenvalue weighted by Gasteiger charge is 2.21. The van der Waals surface area contributed by atoms with Crippen molar-refractivity contribution in [2.24, 2.45) is 0 Å². The summed E-state index contributed by atoms with van der Waals surface area (Å²) in [5.74, 6) is 0. The van der Waals surface area contributed by atoms with Gasteiger partial charge in [0.05, 0.1) is 0 Å². The average Bonchev–Trinajstić information content (AvgIpc) is 2.49. The van der Waals surface area contributed by atoms with Crippen molar-refractivity contribution in [3.05, 3.63) is 48.0 Å². The molecule has 0 unspecified atom stereocenters. The molecule has 104 valence electrons. The van der Waals surface area contributed by atoms with Gasteiger partial charge in [0.1, 0.15) is 0 Å². The molecule has 1 fully saturated rings. The van der Waals surface area contributed by atoms with Crippen molar-refractivity contribution in [3.63, 3.8) is 0 Å². The van der Waals surface area contributed by atoms with E-state index in [0.29, 0.717) is 6.04 Å². The summed E-state index contributed by atoms with van der Waals surface area (Å²) in [7, 11) is 0. The first-order valence-corrected chi connectivity index (χ1v) is 7.49. The van der Waals surface area contributed by atoms with Gasteiger partial charge in [-0.1, -0.05) is 37.3 Å². The Morgan fingerprint density at radius 2 is 1.95 bits per heavy atom. The average molecular weight is 258 g/mol. The Labute approximate surface area is 117 Å². The molecule has 0 radical (unpaired) electrons. The maximum Gasteiger partial charge on any atom is 0.0352 e. The van der Waals surface area contributed by atoms with Crippen LogP contribution in [0.2, 0.25) is 0 Å². The molecule has 0 amide bonds. The summed E-state index contributed by atoms with van der Waals surface area (Å²) in [5.41, 5.74) is 2.88. The molecule has 0 saturated carbocycles. The van der Waals surface area contributed by atoms with Gasteiger partial charge in [-0.2, -0.15) is 0 Å². The van der Waals surface area contributed by atoms with Crippen molar-refractivity contribution in [2.75, 3.05) is 26.2 Å². The summed E-state index contributed by atoms with van der Waals surface area (Å²) >= 11 is 0. The Hall–Kier alpha value is -1.12. The molecule has 0 aliphatic carbocycles. The summed E-state index contributed by atoms with van der Waals surface area (Å²) < 4.78 is 0. The third kappa shape index (κ3) is 3.92. The minimum atomic E-state index is 0.547. The van der Waals surface area contributed by atoms with E-state index in [9.17, 15) is 0 Å². The number of aryl methyl sites for hydroxylation is 1. The standard InChI is InChI=1S/C17H26N2/c1-3-5-6-17(19-13-11-18-12-14-19)16-9-7-15(4-2)8-10-16/h3,7-10,17-18H,1,4-6,11-14H2,2H3/t17-/m0/s1. The Morgan fingerprint density at radius 3 is 2.53 bits per heavy atom. The number of hydrogen-bond donors (Lipinski definition) is 1. The van der Waals surface area contributed by atoms with Crippen LogP contribution in [0.15, 0.2) is 36.9 Å². The molecule has 19 heavy (non-hydrogen) atoms. The van der Waals surface area contributed by atoms with Gasteiger partial charge in [0.15, 0.2) is 0 Å². The van der Waals surface area contributed by atoms with Gasteiger partial charge in [0.25, 0.3) is 0 Å². The summed E-state index contributed by atoms with van der Waals surface area (Å²) in [6, 6.07) is 9.73. The number of nitrogens with one attached hydrogen (secondary N) is 1. The normalized spacial score (nSPS) is 18.2. The smallest absolute Gasteiger partial charge is 0.0352 e. The second kappa shape index (κ2) is 7.46. The lowest BCUT2D eigenvalue weighted by atomic mass is 9.98. The van der Waals surface area contributed by atoms with Crippen molar-refractivity contribution in [1.29, 1.82) is 0 Å². The van der Waals surface area contributed by atoms with Gasteiger partial charge in [-0.15, -0.1) is 6.58 Å². The van der Waals surface area contributed by atoms with Crippen LogP contribution in [0.5, 0.6) is 0 Å². The number of allylic oxidation sites excluding steroid dienone is 1. The molecule has 2 nitrogen and oxygen atoms in total. The van der Waals surface area contributed by atoms with Gasteiger partial charge in [0, 0.05) is 32.2 Å². The van der Waals surface area contributed by atoms with Crippen LogP contribution in [0.4, 0.5) is 0 Å². The van der Waals surface area contributed by atoms with Crippen LogP contribution in [0.3, 0.4) is 0 Å². The first kappa shape index (κ1) is 14.3. The molecule has 0 aromatic heterocycles. The van der Waals surface area contributed by atoms with E-state index in [0.717, 1.165) is 39.0 Å². The zero-order valence-corrected chi connectivity index (χ0v) is 12.1. The fourth-order valence-electron chi connectivity index (χ4n) is 2.81. The van der Waals surface area contributed by atoms with E-state index in [4.69, 9.17) is 0 Å². The fourth-order valence-corrected chi connectivity index (χ4v) is 2.81. The van der Waals surface area contributed by atoms with Gasteiger partial charge < -0.3 is 5.32 Å². The zero-order chi connectivity index (χ0) is 13.5. The van der Waals surface area contributed by atoms with E-state index in [1.165, 1.54) is 17.5 Å². The highest BCUT2D eigenvalue weighted by Crippen LogP contribution is 2.26. The predicted octanol–water partition coefficient (Wildman–Crippen LogP) is 3.16. The van der Waals surface area contributed by atoms with E-state index < -0.39 is 0 Å². The monoisotopic (exact) mass is 258 g/mol.